The van der Waals surface area contributed by atoms with Gasteiger partial charge in [0.2, 0.25) is 0 Å². The zero-order chi connectivity index (χ0) is 18.1. The molecule has 25 heavy (non-hydrogen) atoms. The molecular weight excluding hydrogens is 312 g/mol. The van der Waals surface area contributed by atoms with Gasteiger partial charge in [-0.2, -0.15) is 5.10 Å². The highest BCUT2D eigenvalue weighted by Crippen LogP contribution is 2.12. The van der Waals surface area contributed by atoms with Crippen molar-refractivity contribution in [2.45, 2.75) is 6.92 Å². The molecule has 128 valence electrons. The lowest BCUT2D eigenvalue weighted by atomic mass is 10.1. The second kappa shape index (κ2) is 9.23. The second-order valence-corrected chi connectivity index (χ2v) is 5.46. The Hall–Kier alpha value is -3.14. The normalized spacial score (nSPS) is 11.9. The topological polar surface area (TPSA) is 41.9 Å². The van der Waals surface area contributed by atoms with E-state index < -0.39 is 0 Å². The second-order valence-electron chi connectivity index (χ2n) is 5.46. The quantitative estimate of drug-likeness (QED) is 0.246. The van der Waals surface area contributed by atoms with Crippen LogP contribution in [0.15, 0.2) is 83.5 Å². The Kier molecular flexibility index (Phi) is 6.72. The van der Waals surface area contributed by atoms with Gasteiger partial charge in [-0.3, -0.25) is 9.80 Å². The van der Waals surface area contributed by atoms with Gasteiger partial charge in [-0.15, -0.1) is 0 Å². The number of carbonyl (C=O) groups excluding carboxylic acids is 1. The first kappa shape index (κ1) is 18.2. The molecular formula is C21H22N2O2. The van der Waals surface area contributed by atoms with Crippen molar-refractivity contribution in [1.29, 1.82) is 0 Å². The van der Waals surface area contributed by atoms with Crippen LogP contribution in [0.2, 0.25) is 0 Å². The van der Waals surface area contributed by atoms with Gasteiger partial charge in [-0.25, -0.2) is 0 Å². The van der Waals surface area contributed by atoms with Crippen LogP contribution in [0.1, 0.15) is 17.3 Å². The Morgan fingerprint density at radius 2 is 1.72 bits per heavy atom. The highest BCUT2D eigenvalue weighted by atomic mass is 16.5. The molecule has 0 aliphatic heterocycles. The van der Waals surface area contributed by atoms with Gasteiger partial charge in [0.05, 0.1) is 12.8 Å². The number of para-hydroxylation sites is 1. The van der Waals surface area contributed by atoms with Crippen molar-refractivity contribution in [3.05, 3.63) is 84.0 Å². The molecule has 4 nitrogen and oxygen atoms in total. The largest absolute Gasteiger partial charge is 0.497 e. The van der Waals surface area contributed by atoms with Gasteiger partial charge >= 0.3 is 0 Å². The first-order valence-electron chi connectivity index (χ1n) is 7.96. The molecule has 2 aromatic rings. The molecule has 0 spiro atoms. The van der Waals surface area contributed by atoms with E-state index in [1.807, 2.05) is 50.4 Å². The molecule has 0 N–H and O–H groups in total. The molecule has 2 rings (SSSR count). The fourth-order valence-electron chi connectivity index (χ4n) is 2.08. The summed E-state index contributed by atoms with van der Waals surface area (Å²) in [5, 5.41) is 6.13. The molecule has 0 aliphatic carbocycles. The van der Waals surface area contributed by atoms with Crippen LogP contribution < -0.4 is 9.75 Å². The van der Waals surface area contributed by atoms with E-state index in [1.54, 1.807) is 54.8 Å². The van der Waals surface area contributed by atoms with Crippen molar-refractivity contribution in [3.63, 3.8) is 0 Å². The van der Waals surface area contributed by atoms with Crippen LogP contribution in [0.25, 0.3) is 0 Å². The fourth-order valence-corrected chi connectivity index (χ4v) is 2.08. The fraction of sp³-hybridized carbons (Fsp3) is 0.143. The van der Waals surface area contributed by atoms with Gasteiger partial charge in [0.15, 0.2) is 5.78 Å². The summed E-state index contributed by atoms with van der Waals surface area (Å²) in [6, 6.07) is 16.9. The average molecular weight is 334 g/mol. The third kappa shape index (κ3) is 5.77. The van der Waals surface area contributed by atoms with E-state index in [0.29, 0.717) is 5.56 Å². The number of ether oxygens (including phenoxy) is 1. The standard InChI is InChI=1S/C21H22N2O2/c1-17(15-16-22-23(2)19-7-5-4-6-8-19)9-14-21(24)18-10-12-20(25-3)13-11-18/h4-16H,1-3H3/b14-9-,17-15-,22-16-. The number of anilines is 1. The van der Waals surface area contributed by atoms with E-state index in [9.17, 15) is 4.79 Å². The van der Waals surface area contributed by atoms with Crippen molar-refractivity contribution < 1.29 is 9.53 Å². The van der Waals surface area contributed by atoms with Crippen LogP contribution in [0.3, 0.4) is 0 Å². The molecule has 0 radical (unpaired) electrons. The van der Waals surface area contributed by atoms with Gasteiger partial charge in [-0.05, 0) is 61.0 Å². The van der Waals surface area contributed by atoms with E-state index in [4.69, 9.17) is 4.74 Å². The van der Waals surface area contributed by atoms with Crippen LogP contribution in [0.5, 0.6) is 5.75 Å². The van der Waals surface area contributed by atoms with E-state index in [0.717, 1.165) is 17.0 Å². The summed E-state index contributed by atoms with van der Waals surface area (Å²) in [4.78, 5) is 12.1. The number of hydrazone groups is 1. The minimum absolute atomic E-state index is 0.0475. The van der Waals surface area contributed by atoms with Crippen LogP contribution in [-0.2, 0) is 0 Å². The third-order valence-corrected chi connectivity index (χ3v) is 3.58. The molecule has 4 heteroatoms. The zero-order valence-electron chi connectivity index (χ0n) is 14.7. The van der Waals surface area contributed by atoms with Crippen molar-refractivity contribution >= 4 is 17.7 Å². The minimum Gasteiger partial charge on any atom is -0.497 e. The maximum absolute atomic E-state index is 12.1. The minimum atomic E-state index is -0.0475. The molecule has 0 fully saturated rings. The molecule has 2 aromatic carbocycles. The number of methoxy groups -OCH3 is 1. The van der Waals surface area contributed by atoms with Gasteiger partial charge in [0, 0.05) is 18.8 Å². The summed E-state index contributed by atoms with van der Waals surface area (Å²) in [5.74, 6) is 0.684. The van der Waals surface area contributed by atoms with Crippen LogP contribution in [0, 0.1) is 0 Å². The van der Waals surface area contributed by atoms with Crippen molar-refractivity contribution in [2.24, 2.45) is 5.10 Å². The Balaban J connectivity index is 1.94. The maximum atomic E-state index is 12.1. The lowest BCUT2D eigenvalue weighted by Crippen LogP contribution is -2.07. The SMILES string of the molecule is COc1ccc(C(=O)\C=C/C(C)=C\C=N/N(C)c2ccccc2)cc1. The van der Waals surface area contributed by atoms with E-state index in [2.05, 4.69) is 5.10 Å². The summed E-state index contributed by atoms with van der Waals surface area (Å²) in [6.45, 7) is 1.92. The summed E-state index contributed by atoms with van der Waals surface area (Å²) >= 11 is 0. The molecule has 0 amide bonds. The number of nitrogens with zero attached hydrogens (tertiary/aromatic N) is 2. The highest BCUT2D eigenvalue weighted by Gasteiger charge is 2.01. The summed E-state index contributed by atoms with van der Waals surface area (Å²) in [6.07, 6.45) is 6.91. The van der Waals surface area contributed by atoms with E-state index >= 15 is 0 Å². The summed E-state index contributed by atoms with van der Waals surface area (Å²) in [5.41, 5.74) is 2.57. The van der Waals surface area contributed by atoms with Crippen LogP contribution >= 0.6 is 0 Å². The first-order chi connectivity index (χ1) is 12.1. The van der Waals surface area contributed by atoms with Crippen molar-refractivity contribution in [2.75, 3.05) is 19.2 Å². The Bertz CT molecular complexity index is 775. The number of allylic oxidation sites excluding steroid dienone is 4. The molecule has 0 bridgehead atoms. The Labute approximate surface area is 148 Å². The summed E-state index contributed by atoms with van der Waals surface area (Å²) < 4.78 is 5.09. The van der Waals surface area contributed by atoms with Gasteiger partial charge < -0.3 is 4.74 Å². The van der Waals surface area contributed by atoms with Crippen LogP contribution in [0.4, 0.5) is 5.69 Å². The number of ketones is 1. The lowest BCUT2D eigenvalue weighted by Gasteiger charge is -2.11. The van der Waals surface area contributed by atoms with Gasteiger partial charge in [0.1, 0.15) is 5.75 Å². The zero-order valence-corrected chi connectivity index (χ0v) is 14.7. The number of hydrogen-bond acceptors (Lipinski definition) is 4. The number of rotatable bonds is 7. The van der Waals surface area contributed by atoms with E-state index in [-0.39, 0.29) is 5.78 Å². The molecule has 0 saturated heterocycles. The maximum Gasteiger partial charge on any atom is 0.185 e. The van der Waals surface area contributed by atoms with Gasteiger partial charge in [-0.1, -0.05) is 24.3 Å². The average Bonchev–Trinajstić information content (AvgIpc) is 2.66. The monoisotopic (exact) mass is 334 g/mol. The molecule has 0 saturated carbocycles. The lowest BCUT2D eigenvalue weighted by molar-refractivity contribution is 0.104. The predicted molar refractivity (Wildman–Crippen MR) is 104 cm³/mol. The highest BCUT2D eigenvalue weighted by molar-refractivity contribution is 6.04. The molecule has 0 heterocycles. The predicted octanol–water partition coefficient (Wildman–Crippen LogP) is 4.50. The smallest absolute Gasteiger partial charge is 0.185 e. The Morgan fingerprint density at radius 3 is 2.36 bits per heavy atom. The molecule has 0 aromatic heterocycles. The van der Waals surface area contributed by atoms with Gasteiger partial charge in [0.25, 0.3) is 0 Å². The molecule has 0 atom stereocenters. The van der Waals surface area contributed by atoms with Crippen LogP contribution in [-0.4, -0.2) is 26.2 Å². The molecule has 0 aliphatic rings. The number of benzene rings is 2. The molecule has 0 unspecified atom stereocenters. The van der Waals surface area contributed by atoms with Crippen molar-refractivity contribution in [1.82, 2.24) is 0 Å². The Morgan fingerprint density at radius 1 is 1.04 bits per heavy atom. The van der Waals surface area contributed by atoms with E-state index in [1.165, 1.54) is 0 Å². The first-order valence-corrected chi connectivity index (χ1v) is 7.96. The van der Waals surface area contributed by atoms with Crippen molar-refractivity contribution in [3.8, 4) is 5.75 Å². The number of hydrogen-bond donors (Lipinski definition) is 0. The summed E-state index contributed by atoms with van der Waals surface area (Å²) in [7, 11) is 3.49. The third-order valence-electron chi connectivity index (χ3n) is 3.58. The number of carbonyl (C=O) groups is 1.